The highest BCUT2D eigenvalue weighted by Crippen LogP contribution is 2.26. The van der Waals surface area contributed by atoms with Crippen molar-refractivity contribution in [3.05, 3.63) is 29.1 Å². The minimum atomic E-state index is -0.911. The Hall–Kier alpha value is -1.65. The zero-order chi connectivity index (χ0) is 12.8. The summed E-state index contributed by atoms with van der Waals surface area (Å²) < 4.78 is 30.8. The minimum absolute atomic E-state index is 0.00930. The Morgan fingerprint density at radius 3 is 2.71 bits per heavy atom. The van der Waals surface area contributed by atoms with Crippen LogP contribution < -0.4 is 4.74 Å². The highest BCUT2D eigenvalue weighted by molar-refractivity contribution is 5.66. The van der Waals surface area contributed by atoms with Crippen molar-refractivity contribution in [1.82, 2.24) is 0 Å². The maximum atomic E-state index is 13.5. The van der Waals surface area contributed by atoms with E-state index in [-0.39, 0.29) is 17.7 Å². The van der Waals surface area contributed by atoms with Crippen LogP contribution in [0.3, 0.4) is 0 Å². The number of carboxylic acids is 1. The molecule has 5 heteroatoms. The first kappa shape index (κ1) is 13.4. The van der Waals surface area contributed by atoms with Crippen molar-refractivity contribution in [2.75, 3.05) is 7.11 Å². The van der Waals surface area contributed by atoms with Gasteiger partial charge in [-0.25, -0.2) is 8.78 Å². The molecule has 0 amide bonds. The van der Waals surface area contributed by atoms with Gasteiger partial charge in [0.25, 0.3) is 0 Å². The van der Waals surface area contributed by atoms with Gasteiger partial charge in [-0.05, 0) is 36.1 Å². The first-order chi connectivity index (χ1) is 8.08. The molecule has 94 valence electrons. The Kier molecular flexibility index (Phi) is 4.87. The summed E-state index contributed by atoms with van der Waals surface area (Å²) in [6, 6.07) is 2.59. The lowest BCUT2D eigenvalue weighted by atomic mass is 10.0. The van der Waals surface area contributed by atoms with Crippen molar-refractivity contribution >= 4 is 5.97 Å². The summed E-state index contributed by atoms with van der Waals surface area (Å²) in [6.45, 7) is -0.757. The molecule has 0 saturated heterocycles. The molecule has 0 heterocycles. The van der Waals surface area contributed by atoms with Crippen molar-refractivity contribution in [3.8, 4) is 5.75 Å². The van der Waals surface area contributed by atoms with Gasteiger partial charge in [0.05, 0.1) is 7.11 Å². The molecule has 0 spiro atoms. The van der Waals surface area contributed by atoms with Gasteiger partial charge in [-0.2, -0.15) is 0 Å². The molecule has 0 aliphatic heterocycles. The Bertz CT molecular complexity index is 405. The summed E-state index contributed by atoms with van der Waals surface area (Å²) in [4.78, 5) is 10.4. The second kappa shape index (κ2) is 6.18. The lowest BCUT2D eigenvalue weighted by molar-refractivity contribution is -0.137. The normalized spacial score (nSPS) is 10.3. The van der Waals surface area contributed by atoms with Gasteiger partial charge in [0.1, 0.15) is 6.67 Å². The fraction of sp³-hybridized carbons (Fsp3) is 0.417. The lowest BCUT2D eigenvalue weighted by Gasteiger charge is -2.10. The molecule has 1 aromatic carbocycles. The second-order valence-corrected chi connectivity index (χ2v) is 3.65. The van der Waals surface area contributed by atoms with Crippen LogP contribution in [0.2, 0.25) is 0 Å². The average molecular weight is 244 g/mol. The van der Waals surface area contributed by atoms with Gasteiger partial charge in [0, 0.05) is 6.42 Å². The zero-order valence-corrected chi connectivity index (χ0v) is 9.50. The number of carboxylic acid groups (broad SMARTS) is 1. The van der Waals surface area contributed by atoms with Gasteiger partial charge in [0.2, 0.25) is 0 Å². The van der Waals surface area contributed by atoms with E-state index in [0.717, 1.165) is 6.07 Å². The number of alkyl halides is 1. The van der Waals surface area contributed by atoms with Gasteiger partial charge in [-0.3, -0.25) is 4.79 Å². The third-order valence-corrected chi connectivity index (χ3v) is 2.38. The molecular formula is C12H14F2O3. The zero-order valence-electron chi connectivity index (χ0n) is 9.50. The number of benzene rings is 1. The van der Waals surface area contributed by atoms with Gasteiger partial charge < -0.3 is 9.84 Å². The number of hydrogen-bond acceptors (Lipinski definition) is 2. The van der Waals surface area contributed by atoms with E-state index in [1.807, 2.05) is 0 Å². The fourth-order valence-corrected chi connectivity index (χ4v) is 1.63. The number of halogens is 2. The standard InChI is InChI=1S/C12H14F2O3/c1-17-12-9(3-2-4-11(15)16)5-8(7-13)6-10(12)14/h5-6H,2-4,7H2,1H3,(H,15,16). The van der Waals surface area contributed by atoms with Crippen molar-refractivity contribution < 1.29 is 23.4 Å². The molecule has 0 radical (unpaired) electrons. The highest BCUT2D eigenvalue weighted by Gasteiger charge is 2.12. The number of aryl methyl sites for hydroxylation is 1. The van der Waals surface area contributed by atoms with E-state index >= 15 is 0 Å². The number of methoxy groups -OCH3 is 1. The molecule has 0 fully saturated rings. The Morgan fingerprint density at radius 1 is 1.47 bits per heavy atom. The number of ether oxygens (including phenoxy) is 1. The Labute approximate surface area is 98.0 Å². The molecule has 1 rings (SSSR count). The summed E-state index contributed by atoms with van der Waals surface area (Å²) in [5.41, 5.74) is 0.732. The SMILES string of the molecule is COc1c(F)cc(CF)cc1CCCC(=O)O. The van der Waals surface area contributed by atoms with Crippen LogP contribution in [0, 0.1) is 5.82 Å². The highest BCUT2D eigenvalue weighted by atomic mass is 19.1. The van der Waals surface area contributed by atoms with Crippen LogP contribution in [-0.4, -0.2) is 18.2 Å². The molecule has 3 nitrogen and oxygen atoms in total. The molecular weight excluding hydrogens is 230 g/mol. The summed E-state index contributed by atoms with van der Waals surface area (Å²) in [6.07, 6.45) is 0.700. The molecule has 1 aromatic rings. The molecule has 0 aromatic heterocycles. The van der Waals surface area contributed by atoms with E-state index in [4.69, 9.17) is 9.84 Å². The Morgan fingerprint density at radius 2 is 2.18 bits per heavy atom. The number of hydrogen-bond donors (Lipinski definition) is 1. The van der Waals surface area contributed by atoms with Crippen molar-refractivity contribution in [2.45, 2.75) is 25.9 Å². The van der Waals surface area contributed by atoms with Crippen LogP contribution in [0.5, 0.6) is 5.75 Å². The summed E-state index contributed by atoms with van der Waals surface area (Å²) in [7, 11) is 1.33. The fourth-order valence-electron chi connectivity index (χ4n) is 1.63. The number of aliphatic carboxylic acids is 1. The third-order valence-electron chi connectivity index (χ3n) is 2.38. The van der Waals surface area contributed by atoms with E-state index in [2.05, 4.69) is 0 Å². The predicted octanol–water partition coefficient (Wildman–Crippen LogP) is 2.71. The molecule has 17 heavy (non-hydrogen) atoms. The van der Waals surface area contributed by atoms with Gasteiger partial charge in [-0.15, -0.1) is 0 Å². The largest absolute Gasteiger partial charge is 0.493 e. The number of rotatable bonds is 6. The molecule has 0 aliphatic carbocycles. The smallest absolute Gasteiger partial charge is 0.303 e. The lowest BCUT2D eigenvalue weighted by Crippen LogP contribution is -2.00. The van der Waals surface area contributed by atoms with Crippen LogP contribution in [0.25, 0.3) is 0 Å². The topological polar surface area (TPSA) is 46.5 Å². The summed E-state index contributed by atoms with van der Waals surface area (Å²) >= 11 is 0. The maximum Gasteiger partial charge on any atom is 0.303 e. The van der Waals surface area contributed by atoms with E-state index < -0.39 is 18.5 Å². The summed E-state index contributed by atoms with van der Waals surface area (Å²) in [5, 5.41) is 8.51. The van der Waals surface area contributed by atoms with Crippen molar-refractivity contribution in [1.29, 1.82) is 0 Å². The van der Waals surface area contributed by atoms with Gasteiger partial charge in [0.15, 0.2) is 11.6 Å². The van der Waals surface area contributed by atoms with Crippen LogP contribution in [0.4, 0.5) is 8.78 Å². The first-order valence-corrected chi connectivity index (χ1v) is 5.21. The van der Waals surface area contributed by atoms with Crippen LogP contribution >= 0.6 is 0 Å². The molecule has 0 atom stereocenters. The molecule has 0 aliphatic rings. The second-order valence-electron chi connectivity index (χ2n) is 3.65. The van der Waals surface area contributed by atoms with Gasteiger partial charge >= 0.3 is 5.97 Å². The maximum absolute atomic E-state index is 13.5. The monoisotopic (exact) mass is 244 g/mol. The quantitative estimate of drug-likeness (QED) is 0.836. The molecule has 0 unspecified atom stereocenters. The van der Waals surface area contributed by atoms with Crippen molar-refractivity contribution in [2.24, 2.45) is 0 Å². The number of carbonyl (C=O) groups is 1. The van der Waals surface area contributed by atoms with E-state index in [1.165, 1.54) is 13.2 Å². The van der Waals surface area contributed by atoms with E-state index in [9.17, 15) is 13.6 Å². The van der Waals surface area contributed by atoms with Crippen LogP contribution in [0.1, 0.15) is 24.0 Å². The Balaban J connectivity index is 2.87. The molecule has 1 N–H and O–H groups in total. The van der Waals surface area contributed by atoms with E-state index in [1.54, 1.807) is 0 Å². The molecule has 0 bridgehead atoms. The minimum Gasteiger partial charge on any atom is -0.493 e. The molecule has 0 saturated carbocycles. The van der Waals surface area contributed by atoms with Crippen LogP contribution in [0.15, 0.2) is 12.1 Å². The van der Waals surface area contributed by atoms with Crippen molar-refractivity contribution in [3.63, 3.8) is 0 Å². The van der Waals surface area contributed by atoms with Crippen LogP contribution in [-0.2, 0) is 17.9 Å². The van der Waals surface area contributed by atoms with Gasteiger partial charge in [-0.1, -0.05) is 0 Å². The average Bonchev–Trinajstić information content (AvgIpc) is 2.28. The van der Waals surface area contributed by atoms with E-state index in [0.29, 0.717) is 18.4 Å². The summed E-state index contributed by atoms with van der Waals surface area (Å²) in [5.74, 6) is -1.47. The predicted molar refractivity (Wildman–Crippen MR) is 58.3 cm³/mol. The first-order valence-electron chi connectivity index (χ1n) is 5.21. The third kappa shape index (κ3) is 3.69.